The molecule has 0 aliphatic rings. The van der Waals surface area contributed by atoms with Crippen molar-refractivity contribution in [3.05, 3.63) is 266 Å². The number of rotatable bonds is 30. The number of nitrogens with one attached hydrogen (secondary N) is 1. The number of nitrogens with two attached hydrogens (primary N) is 2. The third kappa shape index (κ3) is 24.5. The number of aliphatic hydroxyl groups is 3. The number of esters is 2. The van der Waals surface area contributed by atoms with Crippen LogP contribution in [0.3, 0.4) is 0 Å². The number of hydrogen-bond donors (Lipinski definition) is 7. The van der Waals surface area contributed by atoms with E-state index in [1.165, 1.54) is 0 Å². The van der Waals surface area contributed by atoms with Crippen molar-refractivity contribution in [3.63, 3.8) is 0 Å². The van der Waals surface area contributed by atoms with Gasteiger partial charge < -0.3 is 84.4 Å². The van der Waals surface area contributed by atoms with Crippen LogP contribution in [0.2, 0.25) is 0 Å². The van der Waals surface area contributed by atoms with Crippen LogP contribution in [0.5, 0.6) is 17.2 Å². The summed E-state index contributed by atoms with van der Waals surface area (Å²) in [4.78, 5) is 47.7. The van der Waals surface area contributed by atoms with Crippen LogP contribution in [0.15, 0.2) is 195 Å². The van der Waals surface area contributed by atoms with Crippen LogP contribution in [0, 0.1) is 34.0 Å². The maximum atomic E-state index is 12.2. The molecule has 0 radical (unpaired) electrons. The van der Waals surface area contributed by atoms with Gasteiger partial charge in [-0.05, 0) is 194 Å². The van der Waals surface area contributed by atoms with Crippen molar-refractivity contribution >= 4 is 56.9 Å². The van der Waals surface area contributed by atoms with Crippen LogP contribution in [0.4, 0.5) is 4.79 Å². The zero-order chi connectivity index (χ0) is 80.6. The Labute approximate surface area is 677 Å². The number of hydrogen-bond acceptors (Lipinski definition) is 22. The molecule has 0 atom stereocenters. The van der Waals surface area contributed by atoms with Gasteiger partial charge in [0.05, 0.1) is 87.2 Å². The summed E-state index contributed by atoms with van der Waals surface area (Å²) < 4.78 is 52.1. The second-order valence-electron chi connectivity index (χ2n) is 27.3. The first kappa shape index (κ1) is 88.1. The number of carbonyl (C=O) groups is 4. The van der Waals surface area contributed by atoms with E-state index in [-0.39, 0.29) is 108 Å². The fourth-order valence-corrected chi connectivity index (χ4v) is 12.6. The fourth-order valence-electron chi connectivity index (χ4n) is 12.6. The molecule has 9 aromatic carbocycles. The number of benzene rings is 9. The number of carbonyl (C=O) groups excluding carboxylic acids is 3. The quantitative estimate of drug-likeness (QED) is 0.0125. The number of carboxylic acids is 1. The molecule has 25 heteroatoms. The number of ether oxygens (including phenoxy) is 6. The smallest absolute Gasteiger partial charge is 0.870 e. The molecular weight excluding hydrogens is 1460 g/mol. The van der Waals surface area contributed by atoms with E-state index in [1.54, 1.807) is 68.4 Å². The largest absolute Gasteiger partial charge is 1.00 e. The van der Waals surface area contributed by atoms with E-state index in [0.29, 0.717) is 118 Å². The number of fused-ring (bicyclic) bond motifs is 3. The molecule has 1 amide bonds. The van der Waals surface area contributed by atoms with Crippen LogP contribution in [0.1, 0.15) is 119 Å². The first-order valence-corrected chi connectivity index (χ1v) is 36.8. The Bertz CT molecular complexity index is 5520. The standard InChI is InChI=1S/C34H36N2O7.C29H28N2O5.C27H24N2O5.Li.H2O/c1-5-40-31(38)18-26-10-9-22(19-35)16-30(26)41-21-24-14-27-17-28(11-12-37)42-32(27)29(15-24)25-8-6-7-23(13-25)20-36-33(39)43-34(2,3)4;1-2-34-28(33)15-23-7-6-20(17-31)13-27(23)35-18-21-11-24-14-25(8-9-32)36-29(24)26(12-21)22-5-3-4-19(10-22)16-30;28-14-17-2-1-3-20(8-17)24-10-19(9-22-12-23(6-7-30)34-27(22)24)16-33-25-11-18(15-29)4-5-21(25)13-26(31)32;;/h6-10,13-17,37H,5,11-12,18,20-21H2,1-4H3,(H,36,39);3-7,10-14,32H,2,8-9,15-16,18,30H2,1H3;1-5,8-12,30H,6-7,13-14,16,28H2,(H,31,32);;1H2/q;;;+1;/p-1. The maximum absolute atomic E-state index is 12.2. The minimum atomic E-state index is -0.979. The van der Waals surface area contributed by atoms with Crippen molar-refractivity contribution < 1.29 is 106 Å². The van der Waals surface area contributed by atoms with Crippen molar-refractivity contribution in [1.82, 2.24) is 5.32 Å². The van der Waals surface area contributed by atoms with Gasteiger partial charge in [-0.1, -0.05) is 72.8 Å². The first-order chi connectivity index (χ1) is 54.6. The van der Waals surface area contributed by atoms with Crippen molar-refractivity contribution in [2.24, 2.45) is 11.5 Å². The summed E-state index contributed by atoms with van der Waals surface area (Å²) in [7, 11) is 0. The molecule has 12 aromatic rings. The van der Waals surface area contributed by atoms with Crippen LogP contribution in [-0.2, 0) is 107 Å². The average Bonchev–Trinajstić information content (AvgIpc) is 1.67. The fraction of sp³-hybridized carbons (Fsp3) is 0.256. The Balaban J connectivity index is 0.000000215. The summed E-state index contributed by atoms with van der Waals surface area (Å²) in [6.45, 7) is 11.1. The van der Waals surface area contributed by atoms with Gasteiger partial charge in [0.25, 0.3) is 0 Å². The predicted octanol–water partition coefficient (Wildman–Crippen LogP) is 11.9. The van der Waals surface area contributed by atoms with Crippen LogP contribution < -0.4 is 49.9 Å². The van der Waals surface area contributed by atoms with Gasteiger partial charge in [0.1, 0.15) is 76.7 Å². The number of carboxylic acid groups (broad SMARTS) is 1. The molecule has 3 heterocycles. The summed E-state index contributed by atoms with van der Waals surface area (Å²) in [6, 6.07) is 62.1. The van der Waals surface area contributed by atoms with Gasteiger partial charge in [-0.25, -0.2) is 4.79 Å². The molecule has 0 spiro atoms. The summed E-state index contributed by atoms with van der Waals surface area (Å²) in [5, 5.41) is 70.8. The molecule has 3 aromatic heterocycles. The number of alkyl carbamates (subject to hydrolysis) is 1. The van der Waals surface area contributed by atoms with E-state index in [1.807, 2.05) is 148 Å². The van der Waals surface area contributed by atoms with Gasteiger partial charge >= 0.3 is 42.9 Å². The zero-order valence-corrected chi connectivity index (χ0v) is 64.9. The Morgan fingerprint density at radius 1 is 0.452 bits per heavy atom. The van der Waals surface area contributed by atoms with Gasteiger partial charge in [-0.2, -0.15) is 15.8 Å². The normalized spacial score (nSPS) is 10.8. The molecular formula is C90H89LiN6O18. The molecule has 0 fully saturated rings. The molecule has 588 valence electrons. The van der Waals surface area contributed by atoms with Gasteiger partial charge in [0, 0.05) is 88.4 Å². The summed E-state index contributed by atoms with van der Waals surface area (Å²) >= 11 is 0. The van der Waals surface area contributed by atoms with Crippen LogP contribution >= 0.6 is 0 Å². The number of aliphatic hydroxyl groups excluding tert-OH is 3. The second-order valence-corrected chi connectivity index (χ2v) is 27.3. The average molecular weight is 1550 g/mol. The van der Waals surface area contributed by atoms with Crippen LogP contribution in [0.25, 0.3) is 66.3 Å². The molecule has 0 saturated carbocycles. The number of furan rings is 3. The number of aliphatic carboxylic acids is 1. The van der Waals surface area contributed by atoms with Crippen molar-refractivity contribution in [2.45, 2.75) is 118 Å². The number of amides is 1. The molecule has 0 bridgehead atoms. The number of nitriles is 3. The van der Waals surface area contributed by atoms with E-state index >= 15 is 0 Å². The molecule has 24 nitrogen and oxygen atoms in total. The first-order valence-electron chi connectivity index (χ1n) is 36.8. The predicted molar refractivity (Wildman–Crippen MR) is 427 cm³/mol. The molecule has 0 aliphatic heterocycles. The van der Waals surface area contributed by atoms with Gasteiger partial charge in [0.2, 0.25) is 0 Å². The van der Waals surface area contributed by atoms with Gasteiger partial charge in [-0.3, -0.25) is 14.4 Å². The summed E-state index contributed by atoms with van der Waals surface area (Å²) in [5.41, 5.74) is 27.0. The molecule has 10 N–H and O–H groups in total. The summed E-state index contributed by atoms with van der Waals surface area (Å²) in [6.07, 6.45) is 0.569. The van der Waals surface area contributed by atoms with Crippen LogP contribution in [-0.4, -0.2) is 88.5 Å². The molecule has 115 heavy (non-hydrogen) atoms. The second kappa shape index (κ2) is 42.4. The van der Waals surface area contributed by atoms with E-state index in [9.17, 15) is 55.4 Å². The van der Waals surface area contributed by atoms with Crippen molar-refractivity contribution in [3.8, 4) is 68.8 Å². The van der Waals surface area contributed by atoms with Crippen molar-refractivity contribution in [1.29, 1.82) is 15.8 Å². The van der Waals surface area contributed by atoms with E-state index in [0.717, 1.165) is 88.5 Å². The minimum Gasteiger partial charge on any atom is -0.870 e. The SMILES string of the molecule is CCOC(=O)Cc1ccc(C#N)cc1OCc1cc(-c2cccc(CN)c2)c2oc(CCO)cc2c1.CCOC(=O)Cc1ccc(C#N)cc1OCc1cc(-c2cccc(CNC(=O)OC(C)(C)C)c2)c2oc(CCO)cc2c1.N#Cc1ccc(CC(=O)O)c(OCc2cc(-c3cccc(CN)c3)c3oc(CCO)cc3c2)c1.[Li+].[OH-]. The van der Waals surface area contributed by atoms with E-state index in [2.05, 4.69) is 23.5 Å². The Hall–Kier alpha value is -12.5. The van der Waals surface area contributed by atoms with Gasteiger partial charge in [-0.15, -0.1) is 0 Å². The van der Waals surface area contributed by atoms with Gasteiger partial charge in [0.15, 0.2) is 0 Å². The molecule has 0 aliphatic carbocycles. The van der Waals surface area contributed by atoms with Crippen molar-refractivity contribution in [2.75, 3.05) is 33.0 Å². The molecule has 12 rings (SSSR count). The maximum Gasteiger partial charge on any atom is 1.00 e. The number of nitrogens with zero attached hydrogens (tertiary/aromatic N) is 3. The molecule has 0 unspecified atom stereocenters. The molecule has 0 saturated heterocycles. The van der Waals surface area contributed by atoms with E-state index < -0.39 is 17.7 Å². The third-order valence-electron chi connectivity index (χ3n) is 17.7. The Morgan fingerprint density at radius 2 is 0.791 bits per heavy atom. The summed E-state index contributed by atoms with van der Waals surface area (Å²) in [5.74, 6) is 1.56. The minimum absolute atomic E-state index is 0. The Morgan fingerprint density at radius 3 is 1.10 bits per heavy atom. The zero-order valence-electron chi connectivity index (χ0n) is 64.9. The van der Waals surface area contributed by atoms with E-state index in [4.69, 9.17) is 53.1 Å². The topological polar surface area (TPSA) is 409 Å². The Kier molecular flexibility index (Phi) is 32.5. The third-order valence-corrected chi connectivity index (χ3v) is 17.7. The monoisotopic (exact) mass is 1550 g/mol.